The van der Waals surface area contributed by atoms with Crippen molar-refractivity contribution in [3.63, 3.8) is 0 Å². The van der Waals surface area contributed by atoms with E-state index in [0.717, 1.165) is 31.7 Å². The monoisotopic (exact) mass is 266 g/mol. The lowest BCUT2D eigenvalue weighted by Gasteiger charge is -2.32. The summed E-state index contributed by atoms with van der Waals surface area (Å²) in [7, 11) is 0. The molecule has 1 aliphatic rings. The molecule has 0 saturated carbocycles. The van der Waals surface area contributed by atoms with Gasteiger partial charge in [-0.15, -0.1) is 0 Å². The van der Waals surface area contributed by atoms with Gasteiger partial charge in [0.2, 0.25) is 5.91 Å². The van der Waals surface area contributed by atoms with Crippen LogP contribution < -0.4 is 10.2 Å². The van der Waals surface area contributed by atoms with Crippen LogP contribution in [0.1, 0.15) is 12.8 Å². The lowest BCUT2D eigenvalue weighted by atomic mass is 10.1. The fourth-order valence-electron chi connectivity index (χ4n) is 2.11. The molecule has 1 fully saturated rings. The predicted octanol–water partition coefficient (Wildman–Crippen LogP) is 0.925. The summed E-state index contributed by atoms with van der Waals surface area (Å²) in [6, 6.07) is 0.303. The van der Waals surface area contributed by atoms with Gasteiger partial charge in [0.1, 0.15) is 5.82 Å². The fourth-order valence-corrected chi connectivity index (χ4v) is 2.45. The number of hydrogen-bond acceptors (Lipinski definition) is 5. The number of carbonyl (C=O) groups excluding carboxylic acids is 1. The summed E-state index contributed by atoms with van der Waals surface area (Å²) in [5.41, 5.74) is 0. The highest BCUT2D eigenvalue weighted by Crippen LogP contribution is 2.16. The molecule has 0 radical (unpaired) electrons. The zero-order chi connectivity index (χ0) is 12.8. The summed E-state index contributed by atoms with van der Waals surface area (Å²) >= 11 is 1.56. The van der Waals surface area contributed by atoms with Gasteiger partial charge in [-0.05, 0) is 19.1 Å². The van der Waals surface area contributed by atoms with Gasteiger partial charge < -0.3 is 10.2 Å². The maximum atomic E-state index is 11.5. The Morgan fingerprint density at radius 2 is 2.28 bits per heavy atom. The first-order valence-corrected chi connectivity index (χ1v) is 7.48. The largest absolute Gasteiger partial charge is 0.355 e. The molecule has 1 aromatic rings. The van der Waals surface area contributed by atoms with E-state index >= 15 is 0 Å². The minimum absolute atomic E-state index is 0.139. The van der Waals surface area contributed by atoms with Gasteiger partial charge in [-0.25, -0.2) is 4.98 Å². The summed E-state index contributed by atoms with van der Waals surface area (Å²) in [5, 5.41) is 3.07. The van der Waals surface area contributed by atoms with E-state index in [0.29, 0.717) is 11.8 Å². The van der Waals surface area contributed by atoms with Crippen LogP contribution in [0.2, 0.25) is 0 Å². The predicted molar refractivity (Wildman–Crippen MR) is 73.8 cm³/mol. The third kappa shape index (κ3) is 3.60. The van der Waals surface area contributed by atoms with Gasteiger partial charge in [-0.1, -0.05) is 0 Å². The van der Waals surface area contributed by atoms with Crippen LogP contribution in [-0.4, -0.2) is 47.0 Å². The smallest absolute Gasteiger partial charge is 0.230 e. The van der Waals surface area contributed by atoms with E-state index in [1.54, 1.807) is 30.4 Å². The number of carbonyl (C=O) groups is 1. The number of aromatic nitrogens is 2. The van der Waals surface area contributed by atoms with Gasteiger partial charge in [0, 0.05) is 31.5 Å². The van der Waals surface area contributed by atoms with Gasteiger partial charge in [0.15, 0.2) is 0 Å². The lowest BCUT2D eigenvalue weighted by Crippen LogP contribution is -2.45. The molecule has 1 aliphatic heterocycles. The number of amides is 1. The van der Waals surface area contributed by atoms with Crippen LogP contribution in [0.3, 0.4) is 0 Å². The fraction of sp³-hybridized carbons (Fsp3) is 0.583. The average Bonchev–Trinajstić information content (AvgIpc) is 2.41. The van der Waals surface area contributed by atoms with Gasteiger partial charge in [0.05, 0.1) is 11.9 Å². The molecule has 5 nitrogen and oxygen atoms in total. The molecule has 1 saturated heterocycles. The summed E-state index contributed by atoms with van der Waals surface area (Å²) in [6.45, 7) is 1.84. The molecule has 0 spiro atoms. The molecule has 1 aromatic heterocycles. The Balaban J connectivity index is 1.80. The molecular weight excluding hydrogens is 248 g/mol. The minimum atomic E-state index is 0.139. The number of thioether (sulfide) groups is 1. The van der Waals surface area contributed by atoms with Gasteiger partial charge in [-0.3, -0.25) is 9.78 Å². The number of piperidine rings is 1. The first-order valence-electron chi connectivity index (χ1n) is 6.09. The lowest BCUT2D eigenvalue weighted by molar-refractivity contribution is -0.119. The number of nitrogens with zero attached hydrogens (tertiary/aromatic N) is 3. The highest BCUT2D eigenvalue weighted by atomic mass is 32.2. The van der Waals surface area contributed by atoms with Crippen molar-refractivity contribution >= 4 is 23.5 Å². The van der Waals surface area contributed by atoms with Crippen molar-refractivity contribution < 1.29 is 4.79 Å². The van der Waals surface area contributed by atoms with Crippen LogP contribution in [0.25, 0.3) is 0 Å². The standard InChI is InChI=1S/C12H18N4OS/c1-18-9-12(17)15-10-2-6-16(7-3-10)11-8-13-4-5-14-11/h4-5,8,10H,2-3,6-7,9H2,1H3,(H,15,17). The van der Waals surface area contributed by atoms with E-state index in [2.05, 4.69) is 20.2 Å². The third-order valence-corrected chi connectivity index (χ3v) is 3.56. The molecule has 1 N–H and O–H groups in total. The Labute approximate surface area is 111 Å². The van der Waals surface area contributed by atoms with Crippen molar-refractivity contribution in [1.82, 2.24) is 15.3 Å². The van der Waals surface area contributed by atoms with E-state index in [1.165, 1.54) is 0 Å². The topological polar surface area (TPSA) is 58.1 Å². The van der Waals surface area contributed by atoms with E-state index in [1.807, 2.05) is 6.26 Å². The molecule has 0 atom stereocenters. The quantitative estimate of drug-likeness (QED) is 0.878. The summed E-state index contributed by atoms with van der Waals surface area (Å²) in [4.78, 5) is 22.1. The second-order valence-corrected chi connectivity index (χ2v) is 5.19. The summed E-state index contributed by atoms with van der Waals surface area (Å²) in [5.74, 6) is 1.61. The summed E-state index contributed by atoms with van der Waals surface area (Å²) in [6.07, 6.45) is 9.05. The van der Waals surface area contributed by atoms with E-state index in [-0.39, 0.29) is 5.91 Å². The number of anilines is 1. The zero-order valence-electron chi connectivity index (χ0n) is 10.5. The molecule has 0 aromatic carbocycles. The Hall–Kier alpha value is -1.30. The number of nitrogens with one attached hydrogen (secondary N) is 1. The number of hydrogen-bond donors (Lipinski definition) is 1. The zero-order valence-corrected chi connectivity index (χ0v) is 11.3. The van der Waals surface area contributed by atoms with Crippen molar-refractivity contribution in [1.29, 1.82) is 0 Å². The highest BCUT2D eigenvalue weighted by Gasteiger charge is 2.21. The van der Waals surface area contributed by atoms with Gasteiger partial charge >= 0.3 is 0 Å². The highest BCUT2D eigenvalue weighted by molar-refractivity contribution is 7.99. The second-order valence-electron chi connectivity index (χ2n) is 4.33. The summed E-state index contributed by atoms with van der Waals surface area (Å²) < 4.78 is 0. The van der Waals surface area contributed by atoms with Crippen LogP contribution in [-0.2, 0) is 4.79 Å². The molecule has 0 aliphatic carbocycles. The molecule has 2 rings (SSSR count). The number of rotatable bonds is 4. The van der Waals surface area contributed by atoms with Crippen molar-refractivity contribution in [2.45, 2.75) is 18.9 Å². The molecule has 6 heteroatoms. The normalized spacial score (nSPS) is 16.6. The van der Waals surface area contributed by atoms with Gasteiger partial charge in [-0.2, -0.15) is 11.8 Å². The Morgan fingerprint density at radius 3 is 2.89 bits per heavy atom. The second kappa shape index (κ2) is 6.58. The molecular formula is C12H18N4OS. The van der Waals surface area contributed by atoms with Crippen LogP contribution in [0.15, 0.2) is 18.6 Å². The van der Waals surface area contributed by atoms with Crippen molar-refractivity contribution in [3.8, 4) is 0 Å². The van der Waals surface area contributed by atoms with E-state index in [9.17, 15) is 4.79 Å². The van der Waals surface area contributed by atoms with E-state index in [4.69, 9.17) is 0 Å². The van der Waals surface area contributed by atoms with Crippen LogP contribution in [0, 0.1) is 0 Å². The van der Waals surface area contributed by atoms with Crippen molar-refractivity contribution in [2.24, 2.45) is 0 Å². The SMILES string of the molecule is CSCC(=O)NC1CCN(c2cnccn2)CC1. The maximum absolute atomic E-state index is 11.5. The molecule has 0 bridgehead atoms. The first kappa shape index (κ1) is 13.1. The van der Waals surface area contributed by atoms with Crippen molar-refractivity contribution in [2.75, 3.05) is 30.0 Å². The van der Waals surface area contributed by atoms with Crippen LogP contribution in [0.4, 0.5) is 5.82 Å². The molecule has 98 valence electrons. The molecule has 2 heterocycles. The van der Waals surface area contributed by atoms with Gasteiger partial charge in [0.25, 0.3) is 0 Å². The van der Waals surface area contributed by atoms with E-state index < -0.39 is 0 Å². The van der Waals surface area contributed by atoms with Crippen LogP contribution in [0.5, 0.6) is 0 Å². The molecule has 0 unspecified atom stereocenters. The Bertz CT molecular complexity index is 379. The minimum Gasteiger partial charge on any atom is -0.355 e. The molecule has 18 heavy (non-hydrogen) atoms. The third-order valence-electron chi connectivity index (χ3n) is 3.01. The van der Waals surface area contributed by atoms with Crippen molar-refractivity contribution in [3.05, 3.63) is 18.6 Å². The average molecular weight is 266 g/mol. The first-order chi connectivity index (χ1) is 8.79. The van der Waals surface area contributed by atoms with Crippen LogP contribution >= 0.6 is 11.8 Å². The Kier molecular flexibility index (Phi) is 4.81. The Morgan fingerprint density at radius 1 is 1.50 bits per heavy atom. The molecule has 1 amide bonds. The maximum Gasteiger partial charge on any atom is 0.230 e.